The van der Waals surface area contributed by atoms with Gasteiger partial charge < -0.3 is 0 Å². The molecule has 0 amide bonds. The van der Waals surface area contributed by atoms with Crippen LogP contribution in [0.2, 0.25) is 0 Å². The highest BCUT2D eigenvalue weighted by atomic mass is 14.0. The molecular weight excluding hydrogens is 372 g/mol. The number of aryl methyl sites for hydroxylation is 8. The van der Waals surface area contributed by atoms with E-state index in [-0.39, 0.29) is 14.9 Å². The van der Waals surface area contributed by atoms with Gasteiger partial charge in [-0.05, 0) is 90.1 Å². The van der Waals surface area contributed by atoms with E-state index in [2.05, 4.69) is 117 Å². The molecule has 0 heterocycles. The first kappa shape index (κ1) is 33.3. The molecule has 0 aliphatic heterocycles. The molecule has 0 radical (unpaired) electrons. The van der Waals surface area contributed by atoms with Crippen molar-refractivity contribution >= 4 is 0 Å². The zero-order chi connectivity index (χ0) is 22.6. The summed E-state index contributed by atoms with van der Waals surface area (Å²) in [5.74, 6) is 0. The SMILES string of the molecule is C.C.CC.Cc1cc(C)c(C)c(C)c1.Cc1ccc(C)c(C)c1.Cc1ccc(C)cc1. The van der Waals surface area contributed by atoms with Gasteiger partial charge in [-0.15, -0.1) is 0 Å². The molecule has 0 unspecified atom stereocenters. The van der Waals surface area contributed by atoms with Crippen molar-refractivity contribution in [1.82, 2.24) is 0 Å². The first-order valence-electron chi connectivity index (χ1n) is 10.7. The Kier molecular flexibility index (Phi) is 18.6. The predicted octanol–water partition coefficient (Wildman–Crippen LogP) is 10.1. The lowest BCUT2D eigenvalue weighted by Gasteiger charge is -2.04. The van der Waals surface area contributed by atoms with Crippen LogP contribution < -0.4 is 0 Å². The van der Waals surface area contributed by atoms with Crippen molar-refractivity contribution in [3.05, 3.63) is 105 Å². The lowest BCUT2D eigenvalue weighted by molar-refractivity contribution is 1.23. The molecule has 0 bridgehead atoms. The Hall–Kier alpha value is -2.34. The molecule has 0 aliphatic rings. The number of benzene rings is 3. The lowest BCUT2D eigenvalue weighted by atomic mass is 10.0. The minimum Gasteiger partial charge on any atom is -0.0776 e. The quantitative estimate of drug-likeness (QED) is 0.338. The van der Waals surface area contributed by atoms with Gasteiger partial charge in [0.2, 0.25) is 0 Å². The molecule has 0 aliphatic carbocycles. The van der Waals surface area contributed by atoms with Crippen molar-refractivity contribution in [3.63, 3.8) is 0 Å². The second kappa shape index (κ2) is 17.4. The maximum atomic E-state index is 2.22. The van der Waals surface area contributed by atoms with Gasteiger partial charge in [-0.1, -0.05) is 106 Å². The van der Waals surface area contributed by atoms with Crippen molar-refractivity contribution in [1.29, 1.82) is 0 Å². The second-order valence-electron chi connectivity index (χ2n) is 7.77. The fourth-order valence-electron chi connectivity index (χ4n) is 2.78. The summed E-state index contributed by atoms with van der Waals surface area (Å²) in [4.78, 5) is 0. The molecule has 0 saturated heterocycles. The highest BCUT2D eigenvalue weighted by Crippen LogP contribution is 2.14. The Morgan fingerprint density at radius 2 is 0.677 bits per heavy atom. The maximum Gasteiger partial charge on any atom is -0.0392 e. The van der Waals surface area contributed by atoms with Crippen LogP contribution in [-0.2, 0) is 0 Å². The van der Waals surface area contributed by atoms with Crippen molar-refractivity contribution in [2.24, 2.45) is 0 Å². The largest absolute Gasteiger partial charge is 0.0776 e. The predicted molar refractivity (Wildman–Crippen MR) is 147 cm³/mol. The molecule has 3 aromatic carbocycles. The highest BCUT2D eigenvalue weighted by molar-refractivity contribution is 5.36. The van der Waals surface area contributed by atoms with Crippen LogP contribution in [0.1, 0.15) is 78.8 Å². The van der Waals surface area contributed by atoms with E-state index in [1.54, 1.807) is 0 Å². The van der Waals surface area contributed by atoms with Crippen LogP contribution in [0.15, 0.2) is 54.6 Å². The normalized spacial score (nSPS) is 8.61. The van der Waals surface area contributed by atoms with E-state index in [1.807, 2.05) is 13.8 Å². The maximum absolute atomic E-state index is 2.22. The Bertz CT molecular complexity index is 808. The molecule has 3 rings (SSSR count). The summed E-state index contributed by atoms with van der Waals surface area (Å²) in [7, 11) is 0. The van der Waals surface area contributed by atoms with Gasteiger partial charge in [0.15, 0.2) is 0 Å². The number of hydrogen-bond donors (Lipinski definition) is 0. The molecule has 0 atom stereocenters. The van der Waals surface area contributed by atoms with Crippen LogP contribution in [0.25, 0.3) is 0 Å². The molecule has 3 aromatic rings. The molecule has 0 spiro atoms. The van der Waals surface area contributed by atoms with Crippen molar-refractivity contribution in [2.45, 2.75) is 91.0 Å². The Morgan fingerprint density at radius 1 is 0.355 bits per heavy atom. The van der Waals surface area contributed by atoms with Crippen LogP contribution >= 0.6 is 0 Å². The monoisotopic (exact) mass is 422 g/mol. The minimum absolute atomic E-state index is 0. The van der Waals surface area contributed by atoms with Crippen molar-refractivity contribution in [3.8, 4) is 0 Å². The molecule has 0 fully saturated rings. The van der Waals surface area contributed by atoms with E-state index < -0.39 is 0 Å². The summed E-state index contributed by atoms with van der Waals surface area (Å²) < 4.78 is 0. The van der Waals surface area contributed by atoms with Crippen LogP contribution in [0, 0.1) is 62.3 Å². The summed E-state index contributed by atoms with van der Waals surface area (Å²) in [5.41, 5.74) is 12.3. The first-order chi connectivity index (χ1) is 13.6. The third-order valence-corrected chi connectivity index (χ3v) is 4.95. The van der Waals surface area contributed by atoms with Gasteiger partial charge in [0.25, 0.3) is 0 Å². The molecule has 0 aromatic heterocycles. The summed E-state index contributed by atoms with van der Waals surface area (Å²) in [6, 6.07) is 19.4. The lowest BCUT2D eigenvalue weighted by Crippen LogP contribution is -1.86. The van der Waals surface area contributed by atoms with Crippen LogP contribution in [-0.4, -0.2) is 0 Å². The van der Waals surface area contributed by atoms with Gasteiger partial charge in [0.1, 0.15) is 0 Å². The van der Waals surface area contributed by atoms with E-state index in [0.717, 1.165) is 0 Å². The molecule has 0 saturated carbocycles. The minimum atomic E-state index is 0. The van der Waals surface area contributed by atoms with E-state index >= 15 is 0 Å². The van der Waals surface area contributed by atoms with Gasteiger partial charge in [-0.3, -0.25) is 0 Å². The number of rotatable bonds is 0. The van der Waals surface area contributed by atoms with Crippen LogP contribution in [0.3, 0.4) is 0 Å². The standard InChI is InChI=1S/C10H14.C9H12.C8H10.C2H6.2CH4/c1-7-5-8(2)10(4)9(3)6-7;1-7-4-5-8(2)9(3)6-7;1-7-3-5-8(2)6-4-7;1-2;;/h5-6H,1-4H3;4-6H,1-3H3;3-6H,1-2H3;1-2H3;2*1H4. The number of hydrogen-bond acceptors (Lipinski definition) is 0. The van der Waals surface area contributed by atoms with Gasteiger partial charge in [0, 0.05) is 0 Å². The fourth-order valence-corrected chi connectivity index (χ4v) is 2.78. The van der Waals surface area contributed by atoms with Gasteiger partial charge in [-0.25, -0.2) is 0 Å². The highest BCUT2D eigenvalue weighted by Gasteiger charge is 1.96. The zero-order valence-electron chi connectivity index (χ0n) is 20.7. The summed E-state index contributed by atoms with van der Waals surface area (Å²) >= 11 is 0. The summed E-state index contributed by atoms with van der Waals surface area (Å²) in [6.45, 7) is 23.2. The average Bonchev–Trinajstić information content (AvgIpc) is 2.68. The molecule has 174 valence electrons. The molecule has 0 N–H and O–H groups in total. The van der Waals surface area contributed by atoms with Crippen LogP contribution in [0.5, 0.6) is 0 Å². The topological polar surface area (TPSA) is 0 Å². The van der Waals surface area contributed by atoms with E-state index in [9.17, 15) is 0 Å². The van der Waals surface area contributed by atoms with Gasteiger partial charge in [-0.2, -0.15) is 0 Å². The third-order valence-electron chi connectivity index (χ3n) is 4.95. The average molecular weight is 423 g/mol. The molecular formula is C31H50. The van der Waals surface area contributed by atoms with Crippen molar-refractivity contribution in [2.75, 3.05) is 0 Å². The fraction of sp³-hybridized carbons (Fsp3) is 0.419. The summed E-state index contributed by atoms with van der Waals surface area (Å²) in [5, 5.41) is 0. The first-order valence-corrected chi connectivity index (χ1v) is 10.7. The molecule has 31 heavy (non-hydrogen) atoms. The Morgan fingerprint density at radius 3 is 1.00 bits per heavy atom. The summed E-state index contributed by atoms with van der Waals surface area (Å²) in [6.07, 6.45) is 0. The van der Waals surface area contributed by atoms with Crippen molar-refractivity contribution < 1.29 is 0 Å². The van der Waals surface area contributed by atoms with E-state index in [0.29, 0.717) is 0 Å². The Balaban J connectivity index is -0.000000355. The Labute approximate surface area is 195 Å². The third kappa shape index (κ3) is 13.6. The smallest absolute Gasteiger partial charge is 0.0392 e. The van der Waals surface area contributed by atoms with E-state index in [4.69, 9.17) is 0 Å². The van der Waals surface area contributed by atoms with E-state index in [1.165, 1.54) is 50.1 Å². The molecule has 0 heteroatoms. The second-order valence-corrected chi connectivity index (χ2v) is 7.77. The van der Waals surface area contributed by atoms with Crippen LogP contribution in [0.4, 0.5) is 0 Å². The van der Waals surface area contributed by atoms with Gasteiger partial charge in [0.05, 0.1) is 0 Å². The zero-order valence-corrected chi connectivity index (χ0v) is 20.7. The molecule has 0 nitrogen and oxygen atoms in total. The van der Waals surface area contributed by atoms with Gasteiger partial charge >= 0.3 is 0 Å².